The van der Waals surface area contributed by atoms with Gasteiger partial charge in [0.2, 0.25) is 0 Å². The Kier molecular flexibility index (Phi) is 27.0. The van der Waals surface area contributed by atoms with E-state index in [1.165, 1.54) is 0 Å². The molecule has 0 spiro atoms. The molecular formula is C12H19K3O14. The van der Waals surface area contributed by atoms with Crippen LogP contribution in [0.15, 0.2) is 0 Å². The predicted octanol–water partition coefficient (Wildman–Crippen LogP) is -4.44. The van der Waals surface area contributed by atoms with E-state index in [-0.39, 0.29) is 154 Å². The van der Waals surface area contributed by atoms with Crippen molar-refractivity contribution in [3.8, 4) is 0 Å². The van der Waals surface area contributed by atoms with Crippen molar-refractivity contribution in [3.05, 3.63) is 0 Å². The van der Waals surface area contributed by atoms with E-state index >= 15 is 0 Å². The van der Waals surface area contributed by atoms with Crippen LogP contribution in [0.4, 0.5) is 0 Å². The predicted molar refractivity (Wildman–Crippen MR) is 95.6 cm³/mol. The summed E-state index contributed by atoms with van der Waals surface area (Å²) in [6.45, 7) is 0. The first-order valence-electron chi connectivity index (χ1n) is 6.34. The molecule has 0 radical (unpaired) electrons. The van der Waals surface area contributed by atoms with Crippen molar-refractivity contribution in [1.29, 1.82) is 0 Å². The maximum absolute atomic E-state index is 10.3. The molecule has 0 fully saturated rings. The SMILES string of the molecule is O=C(O)CC(O)(CC(=O)O)C(=O)O.O=C(O)CC(O)(CC(=O)O)C(=O)O.[KH].[KH].[KH]. The molecule has 8 N–H and O–H groups in total. The van der Waals surface area contributed by atoms with E-state index in [2.05, 4.69) is 0 Å². The molecule has 0 aliphatic carbocycles. The van der Waals surface area contributed by atoms with Gasteiger partial charge in [-0.3, -0.25) is 19.2 Å². The second-order valence-electron chi connectivity index (χ2n) is 4.96. The number of carbonyl (C=O) groups is 6. The summed E-state index contributed by atoms with van der Waals surface area (Å²) in [5, 5.41) is 67.6. The van der Waals surface area contributed by atoms with Crippen LogP contribution in [0, 0.1) is 0 Å². The fraction of sp³-hybridized carbons (Fsp3) is 0.500. The van der Waals surface area contributed by atoms with Crippen LogP contribution in [0.1, 0.15) is 25.7 Å². The molecule has 0 bridgehead atoms. The van der Waals surface area contributed by atoms with Crippen LogP contribution in [-0.2, 0) is 28.8 Å². The Morgan fingerprint density at radius 1 is 0.448 bits per heavy atom. The first-order valence-corrected chi connectivity index (χ1v) is 6.34. The number of rotatable bonds is 10. The van der Waals surface area contributed by atoms with Gasteiger partial charge in [-0.1, -0.05) is 0 Å². The van der Waals surface area contributed by atoms with Crippen molar-refractivity contribution in [2.45, 2.75) is 36.9 Å². The third-order valence-electron chi connectivity index (χ3n) is 2.57. The summed E-state index contributed by atoms with van der Waals surface area (Å²) in [6, 6.07) is 0. The van der Waals surface area contributed by atoms with Crippen molar-refractivity contribution >= 4 is 190 Å². The maximum atomic E-state index is 10.3. The zero-order chi connectivity index (χ0) is 21.3. The Balaban J connectivity index is -0.000000120. The summed E-state index contributed by atoms with van der Waals surface area (Å²) in [4.78, 5) is 61.0. The molecule has 0 aromatic rings. The second kappa shape index (κ2) is 19.1. The molecule has 0 aliphatic heterocycles. The number of carboxylic acid groups (broad SMARTS) is 6. The van der Waals surface area contributed by atoms with Gasteiger partial charge in [0.05, 0.1) is 25.7 Å². The monoisotopic (exact) mass is 504 g/mol. The molecule has 29 heavy (non-hydrogen) atoms. The quantitative estimate of drug-likeness (QED) is 0.130. The Bertz CT molecular complexity index is 521. The molecule has 0 aromatic carbocycles. The molecule has 17 heteroatoms. The molecule has 0 amide bonds. The van der Waals surface area contributed by atoms with Gasteiger partial charge in [-0.25, -0.2) is 9.59 Å². The van der Waals surface area contributed by atoms with Gasteiger partial charge in [-0.05, 0) is 0 Å². The Hall–Kier alpha value is 1.65. The molecular weight excluding hydrogens is 485 g/mol. The van der Waals surface area contributed by atoms with E-state index in [0.717, 1.165) is 0 Å². The van der Waals surface area contributed by atoms with E-state index in [1.54, 1.807) is 0 Å². The molecule has 0 aliphatic rings. The third kappa shape index (κ3) is 20.0. The first-order chi connectivity index (χ1) is 11.6. The topological polar surface area (TPSA) is 264 Å². The fourth-order valence-electron chi connectivity index (χ4n) is 1.43. The molecule has 154 valence electrons. The Morgan fingerprint density at radius 2 is 0.586 bits per heavy atom. The molecule has 0 unspecified atom stereocenters. The van der Waals surface area contributed by atoms with Gasteiger partial charge in [0, 0.05) is 0 Å². The van der Waals surface area contributed by atoms with Crippen LogP contribution in [0.2, 0.25) is 0 Å². The van der Waals surface area contributed by atoms with Crippen LogP contribution >= 0.6 is 0 Å². The summed E-state index contributed by atoms with van der Waals surface area (Å²) >= 11 is 0. The van der Waals surface area contributed by atoms with Gasteiger partial charge in [0.25, 0.3) is 0 Å². The standard InChI is InChI=1S/2C6H8O7.3K.3H/c2*7-3(8)1-6(13,5(11)12)2-4(9)10;;;;;;/h2*13H,1-2H2,(H,7,8)(H,9,10)(H,11,12);;;;;;. The number of hydrogen-bond acceptors (Lipinski definition) is 8. The third-order valence-corrected chi connectivity index (χ3v) is 2.57. The first kappa shape index (κ1) is 41.0. The minimum absolute atomic E-state index is 0. The van der Waals surface area contributed by atoms with Crippen molar-refractivity contribution in [3.63, 3.8) is 0 Å². The average Bonchev–Trinajstić information content (AvgIpc) is 2.34. The Morgan fingerprint density at radius 3 is 0.655 bits per heavy atom. The van der Waals surface area contributed by atoms with E-state index in [4.69, 9.17) is 40.9 Å². The summed E-state index contributed by atoms with van der Waals surface area (Å²) in [5.74, 6) is -10.0. The van der Waals surface area contributed by atoms with Crippen LogP contribution in [0.25, 0.3) is 0 Å². The van der Waals surface area contributed by atoms with E-state index in [1.807, 2.05) is 0 Å². The molecule has 0 rings (SSSR count). The van der Waals surface area contributed by atoms with Crippen LogP contribution < -0.4 is 0 Å². The van der Waals surface area contributed by atoms with Crippen molar-refractivity contribution in [2.24, 2.45) is 0 Å². The number of hydrogen-bond donors (Lipinski definition) is 8. The molecule has 0 saturated carbocycles. The Labute approximate surface area is 290 Å². The summed E-state index contributed by atoms with van der Waals surface area (Å²) in [5.41, 5.74) is -5.48. The average molecular weight is 505 g/mol. The van der Waals surface area contributed by atoms with Gasteiger partial charge < -0.3 is 40.9 Å². The van der Waals surface area contributed by atoms with Gasteiger partial charge in [0.1, 0.15) is 0 Å². The summed E-state index contributed by atoms with van der Waals surface area (Å²) < 4.78 is 0. The molecule has 0 atom stereocenters. The van der Waals surface area contributed by atoms with E-state index < -0.39 is 72.7 Å². The van der Waals surface area contributed by atoms with Gasteiger partial charge in [0.15, 0.2) is 11.2 Å². The van der Waals surface area contributed by atoms with Crippen molar-refractivity contribution in [2.75, 3.05) is 0 Å². The van der Waals surface area contributed by atoms with E-state index in [9.17, 15) is 28.8 Å². The van der Waals surface area contributed by atoms with Crippen LogP contribution in [-0.4, -0.2) is 242 Å². The second-order valence-corrected chi connectivity index (χ2v) is 4.96. The normalized spacial score (nSPS) is 9.72. The zero-order valence-electron chi connectivity index (χ0n) is 12.9. The van der Waals surface area contributed by atoms with Gasteiger partial charge in [-0.15, -0.1) is 0 Å². The van der Waals surface area contributed by atoms with Crippen LogP contribution in [0.5, 0.6) is 0 Å². The molecule has 14 nitrogen and oxygen atoms in total. The van der Waals surface area contributed by atoms with Crippen molar-refractivity contribution in [1.82, 2.24) is 0 Å². The summed E-state index contributed by atoms with van der Waals surface area (Å²) in [6.07, 6.45) is -4.58. The minimum atomic E-state index is -2.74. The van der Waals surface area contributed by atoms with Gasteiger partial charge in [-0.2, -0.15) is 0 Å². The number of aliphatic hydroxyl groups is 2. The number of carboxylic acids is 6. The summed E-state index contributed by atoms with van der Waals surface area (Å²) in [7, 11) is 0. The van der Waals surface area contributed by atoms with Crippen LogP contribution in [0.3, 0.4) is 0 Å². The molecule has 0 saturated heterocycles. The van der Waals surface area contributed by atoms with Crippen molar-refractivity contribution < 1.29 is 69.6 Å². The fourth-order valence-corrected chi connectivity index (χ4v) is 1.43. The van der Waals surface area contributed by atoms with Gasteiger partial charge >= 0.3 is 190 Å². The zero-order valence-corrected chi connectivity index (χ0v) is 12.9. The van der Waals surface area contributed by atoms with E-state index in [0.29, 0.717) is 0 Å². The molecule has 0 heterocycles. The number of aliphatic carboxylic acids is 6. The molecule has 0 aromatic heterocycles.